The van der Waals surface area contributed by atoms with E-state index in [4.69, 9.17) is 0 Å². The molecule has 14 heavy (non-hydrogen) atoms. The Morgan fingerprint density at radius 2 is 1.64 bits per heavy atom. The van der Waals surface area contributed by atoms with Crippen LogP contribution < -0.4 is 0 Å². The van der Waals surface area contributed by atoms with Crippen molar-refractivity contribution in [3.63, 3.8) is 0 Å². The molecule has 0 radical (unpaired) electrons. The van der Waals surface area contributed by atoms with E-state index < -0.39 is 0 Å². The maximum Gasteiger partial charge on any atom is 0.00725 e. The third-order valence-corrected chi connectivity index (χ3v) is 3.93. The van der Waals surface area contributed by atoms with Crippen molar-refractivity contribution in [1.29, 1.82) is 0 Å². The van der Waals surface area contributed by atoms with Gasteiger partial charge >= 0.3 is 0 Å². The van der Waals surface area contributed by atoms with E-state index in [2.05, 4.69) is 46.4 Å². The predicted molar refractivity (Wildman–Crippen MR) is 63.4 cm³/mol. The second-order valence-electron chi connectivity index (χ2n) is 5.76. The lowest BCUT2D eigenvalue weighted by molar-refractivity contribution is 0.0356. The van der Waals surface area contributed by atoms with E-state index in [1.165, 1.54) is 13.0 Å². The number of hydrogen-bond acceptors (Lipinski definition) is 1. The lowest BCUT2D eigenvalue weighted by atomic mass is 9.76. The lowest BCUT2D eigenvalue weighted by Gasteiger charge is -2.45. The molecule has 0 spiro atoms. The van der Waals surface area contributed by atoms with Gasteiger partial charge in [0.2, 0.25) is 0 Å². The van der Waals surface area contributed by atoms with Crippen LogP contribution in [0.5, 0.6) is 0 Å². The summed E-state index contributed by atoms with van der Waals surface area (Å²) in [5.41, 5.74) is 0. The van der Waals surface area contributed by atoms with Crippen LogP contribution in [0.3, 0.4) is 0 Å². The molecule has 3 unspecified atom stereocenters. The molecule has 0 amide bonds. The molecule has 1 fully saturated rings. The molecule has 1 aliphatic rings. The Morgan fingerprint density at radius 3 is 2.07 bits per heavy atom. The van der Waals surface area contributed by atoms with Crippen LogP contribution in [0, 0.1) is 17.8 Å². The van der Waals surface area contributed by atoms with Crippen LogP contribution >= 0.6 is 0 Å². The van der Waals surface area contributed by atoms with E-state index in [0.717, 1.165) is 23.8 Å². The van der Waals surface area contributed by atoms with Crippen molar-refractivity contribution in [2.75, 3.05) is 6.54 Å². The Morgan fingerprint density at radius 1 is 1.07 bits per heavy atom. The molecule has 1 aliphatic heterocycles. The highest BCUT2D eigenvalue weighted by atomic mass is 15.2. The van der Waals surface area contributed by atoms with Crippen molar-refractivity contribution >= 4 is 0 Å². The van der Waals surface area contributed by atoms with Gasteiger partial charge in [-0.3, -0.25) is 4.90 Å². The molecule has 0 bridgehead atoms. The fraction of sp³-hybridized carbons (Fsp3) is 1.00. The van der Waals surface area contributed by atoms with Crippen LogP contribution in [0.2, 0.25) is 0 Å². The van der Waals surface area contributed by atoms with Crippen LogP contribution in [0.15, 0.2) is 0 Å². The van der Waals surface area contributed by atoms with Crippen molar-refractivity contribution < 1.29 is 0 Å². The highest BCUT2D eigenvalue weighted by Gasteiger charge is 2.33. The summed E-state index contributed by atoms with van der Waals surface area (Å²) in [6.07, 6.45) is 1.39. The molecule has 1 nitrogen and oxygen atoms in total. The van der Waals surface area contributed by atoms with Crippen molar-refractivity contribution in [3.05, 3.63) is 0 Å². The Labute approximate surface area is 89.9 Å². The molecule has 3 atom stereocenters. The summed E-state index contributed by atoms with van der Waals surface area (Å²) < 4.78 is 0. The van der Waals surface area contributed by atoms with Gasteiger partial charge in [0, 0.05) is 18.6 Å². The van der Waals surface area contributed by atoms with Gasteiger partial charge in [-0.2, -0.15) is 0 Å². The summed E-state index contributed by atoms with van der Waals surface area (Å²) in [6, 6.07) is 1.49. The van der Waals surface area contributed by atoms with Crippen LogP contribution in [0.1, 0.15) is 48.0 Å². The number of rotatable bonds is 2. The van der Waals surface area contributed by atoms with Gasteiger partial charge in [-0.1, -0.05) is 20.8 Å². The zero-order valence-corrected chi connectivity index (χ0v) is 10.7. The molecule has 0 saturated carbocycles. The molecular weight excluding hydrogens is 170 g/mol. The van der Waals surface area contributed by atoms with Crippen LogP contribution in [0.25, 0.3) is 0 Å². The summed E-state index contributed by atoms with van der Waals surface area (Å²) >= 11 is 0. The van der Waals surface area contributed by atoms with Gasteiger partial charge in [-0.15, -0.1) is 0 Å². The molecule has 1 heteroatoms. The fourth-order valence-corrected chi connectivity index (χ4v) is 3.06. The summed E-state index contributed by atoms with van der Waals surface area (Å²) in [5.74, 6) is 2.65. The van der Waals surface area contributed by atoms with Gasteiger partial charge in [-0.25, -0.2) is 0 Å². The lowest BCUT2D eigenvalue weighted by Crippen LogP contribution is -2.49. The molecular formula is C13H27N. The first-order chi connectivity index (χ1) is 6.43. The van der Waals surface area contributed by atoms with E-state index >= 15 is 0 Å². The van der Waals surface area contributed by atoms with E-state index in [-0.39, 0.29) is 0 Å². The highest BCUT2D eigenvalue weighted by molar-refractivity contribution is 4.85. The quantitative estimate of drug-likeness (QED) is 0.656. The van der Waals surface area contributed by atoms with Crippen LogP contribution in [0.4, 0.5) is 0 Å². The van der Waals surface area contributed by atoms with E-state index in [1.54, 1.807) is 0 Å². The molecule has 1 heterocycles. The van der Waals surface area contributed by atoms with Crippen molar-refractivity contribution in [2.24, 2.45) is 17.8 Å². The minimum absolute atomic E-state index is 0.709. The summed E-state index contributed by atoms with van der Waals surface area (Å²) in [4.78, 5) is 2.66. The van der Waals surface area contributed by atoms with Gasteiger partial charge in [0.15, 0.2) is 0 Å². The first-order valence-electron chi connectivity index (χ1n) is 6.19. The standard InChI is InChI=1S/C13H27N/c1-9(2)13-7-12(6)14(10(3)4)8-11(13)5/h9-13H,7-8H2,1-6H3. The van der Waals surface area contributed by atoms with Crippen molar-refractivity contribution in [1.82, 2.24) is 4.90 Å². The maximum atomic E-state index is 2.66. The summed E-state index contributed by atoms with van der Waals surface area (Å²) in [5, 5.41) is 0. The first-order valence-corrected chi connectivity index (χ1v) is 6.19. The first kappa shape index (κ1) is 12.0. The largest absolute Gasteiger partial charge is 0.298 e. The molecule has 1 rings (SSSR count). The van der Waals surface area contributed by atoms with Gasteiger partial charge in [0.05, 0.1) is 0 Å². The second-order valence-corrected chi connectivity index (χ2v) is 5.76. The van der Waals surface area contributed by atoms with Crippen molar-refractivity contribution in [2.45, 2.75) is 60.0 Å². The third-order valence-electron chi connectivity index (χ3n) is 3.93. The van der Waals surface area contributed by atoms with E-state index in [1.807, 2.05) is 0 Å². The van der Waals surface area contributed by atoms with Crippen LogP contribution in [-0.2, 0) is 0 Å². The summed E-state index contributed by atoms with van der Waals surface area (Å²) in [6.45, 7) is 15.5. The Bertz CT molecular complexity index is 154. The minimum Gasteiger partial charge on any atom is -0.298 e. The molecule has 84 valence electrons. The number of nitrogens with zero attached hydrogens (tertiary/aromatic N) is 1. The second kappa shape index (κ2) is 4.65. The average Bonchev–Trinajstić information content (AvgIpc) is 2.07. The highest BCUT2D eigenvalue weighted by Crippen LogP contribution is 2.33. The predicted octanol–water partition coefficient (Wildman–Crippen LogP) is 3.40. The third kappa shape index (κ3) is 2.50. The number of hydrogen-bond donors (Lipinski definition) is 0. The zero-order valence-electron chi connectivity index (χ0n) is 10.7. The zero-order chi connectivity index (χ0) is 10.9. The number of piperidine rings is 1. The molecule has 0 aromatic rings. The van der Waals surface area contributed by atoms with Gasteiger partial charge in [-0.05, 0) is 44.9 Å². The summed E-state index contributed by atoms with van der Waals surface area (Å²) in [7, 11) is 0. The molecule has 0 N–H and O–H groups in total. The Hall–Kier alpha value is -0.0400. The Kier molecular flexibility index (Phi) is 4.00. The van der Waals surface area contributed by atoms with Crippen molar-refractivity contribution in [3.8, 4) is 0 Å². The fourth-order valence-electron chi connectivity index (χ4n) is 3.06. The van der Waals surface area contributed by atoms with E-state index in [0.29, 0.717) is 6.04 Å². The van der Waals surface area contributed by atoms with Gasteiger partial charge in [0.1, 0.15) is 0 Å². The smallest absolute Gasteiger partial charge is 0.00725 e. The average molecular weight is 197 g/mol. The van der Waals surface area contributed by atoms with E-state index in [9.17, 15) is 0 Å². The monoisotopic (exact) mass is 197 g/mol. The van der Waals surface area contributed by atoms with Gasteiger partial charge in [0.25, 0.3) is 0 Å². The normalized spacial score (nSPS) is 35.6. The topological polar surface area (TPSA) is 3.24 Å². The maximum absolute atomic E-state index is 2.66. The Balaban J connectivity index is 2.62. The molecule has 1 saturated heterocycles. The minimum atomic E-state index is 0.709. The molecule has 0 aromatic heterocycles. The van der Waals surface area contributed by atoms with Gasteiger partial charge < -0.3 is 0 Å². The number of likely N-dealkylation sites (tertiary alicyclic amines) is 1. The SMILES string of the molecule is CC(C)C1CC(C)N(C(C)C)CC1C. The van der Waals surface area contributed by atoms with Crippen LogP contribution in [-0.4, -0.2) is 23.5 Å². The molecule has 0 aromatic carbocycles. The molecule has 0 aliphatic carbocycles.